The Morgan fingerprint density at radius 1 is 1.19 bits per heavy atom. The zero-order chi connectivity index (χ0) is 19.2. The van der Waals surface area contributed by atoms with Crippen LogP contribution in [0.15, 0.2) is 47.6 Å². The molecule has 0 atom stereocenters. The predicted octanol–water partition coefficient (Wildman–Crippen LogP) is 3.89. The molecule has 7 heteroatoms. The number of aromatic amines is 1. The van der Waals surface area contributed by atoms with Crippen LogP contribution >= 0.6 is 11.8 Å². The summed E-state index contributed by atoms with van der Waals surface area (Å²) in [5.41, 5.74) is 3.54. The van der Waals surface area contributed by atoms with Crippen molar-refractivity contribution < 1.29 is 9.18 Å². The largest absolute Gasteiger partial charge is 0.351 e. The van der Waals surface area contributed by atoms with Gasteiger partial charge in [0.05, 0.1) is 5.75 Å². The summed E-state index contributed by atoms with van der Waals surface area (Å²) in [5.74, 6) is 0.451. The van der Waals surface area contributed by atoms with E-state index in [2.05, 4.69) is 39.6 Å². The number of hydrogen-bond acceptors (Lipinski definition) is 4. The van der Waals surface area contributed by atoms with E-state index < -0.39 is 0 Å². The van der Waals surface area contributed by atoms with Gasteiger partial charge in [0.1, 0.15) is 5.82 Å². The molecule has 2 N–H and O–H groups in total. The van der Waals surface area contributed by atoms with E-state index >= 15 is 0 Å². The molecule has 2 aromatic carbocycles. The van der Waals surface area contributed by atoms with Crippen molar-refractivity contribution in [2.45, 2.75) is 32.0 Å². The van der Waals surface area contributed by atoms with Crippen molar-refractivity contribution in [2.75, 3.05) is 5.75 Å². The molecule has 0 aliphatic carbocycles. The summed E-state index contributed by atoms with van der Waals surface area (Å²) in [7, 11) is 0. The van der Waals surface area contributed by atoms with Gasteiger partial charge in [0.15, 0.2) is 5.82 Å². The van der Waals surface area contributed by atoms with Crippen LogP contribution in [0, 0.1) is 12.7 Å². The van der Waals surface area contributed by atoms with Crippen LogP contribution in [0.3, 0.4) is 0 Å². The van der Waals surface area contributed by atoms with Gasteiger partial charge in [-0.2, -0.15) is 0 Å². The Morgan fingerprint density at radius 2 is 1.93 bits per heavy atom. The van der Waals surface area contributed by atoms with E-state index in [1.165, 1.54) is 23.4 Å². The first-order chi connectivity index (χ1) is 13.0. The van der Waals surface area contributed by atoms with Crippen molar-refractivity contribution in [1.29, 1.82) is 0 Å². The number of halogens is 1. The van der Waals surface area contributed by atoms with Gasteiger partial charge in [-0.15, -0.1) is 5.10 Å². The maximum atomic E-state index is 13.5. The van der Waals surface area contributed by atoms with Crippen LogP contribution in [0.1, 0.15) is 23.6 Å². The van der Waals surface area contributed by atoms with Crippen LogP contribution < -0.4 is 5.32 Å². The minimum atomic E-state index is -0.267. The van der Waals surface area contributed by atoms with E-state index in [1.54, 1.807) is 19.1 Å². The van der Waals surface area contributed by atoms with Gasteiger partial charge in [-0.1, -0.05) is 55.1 Å². The number of nitrogens with one attached hydrogen (secondary N) is 2. The number of carbonyl (C=O) groups excluding carboxylic acids is 1. The molecule has 0 spiro atoms. The molecule has 0 aliphatic heterocycles. The Hall–Kier alpha value is -2.67. The molecule has 5 nitrogen and oxygen atoms in total. The molecule has 140 valence electrons. The summed E-state index contributed by atoms with van der Waals surface area (Å²) < 4.78 is 13.5. The second-order valence-corrected chi connectivity index (χ2v) is 7.11. The van der Waals surface area contributed by atoms with Gasteiger partial charge < -0.3 is 5.32 Å². The van der Waals surface area contributed by atoms with Gasteiger partial charge in [-0.25, -0.2) is 9.37 Å². The lowest BCUT2D eigenvalue weighted by Gasteiger charge is -2.05. The van der Waals surface area contributed by atoms with Crippen LogP contribution in [0.4, 0.5) is 4.39 Å². The molecule has 1 heterocycles. The fourth-order valence-electron chi connectivity index (χ4n) is 2.47. The minimum absolute atomic E-state index is 0.153. The quantitative estimate of drug-likeness (QED) is 0.606. The maximum absolute atomic E-state index is 13.5. The number of hydrogen-bond donors (Lipinski definition) is 2. The number of benzene rings is 2. The number of aromatic nitrogens is 3. The third-order valence-corrected chi connectivity index (χ3v) is 5.01. The first kappa shape index (κ1) is 19.1. The van der Waals surface area contributed by atoms with E-state index in [0.717, 1.165) is 17.5 Å². The van der Waals surface area contributed by atoms with Gasteiger partial charge in [0.2, 0.25) is 11.1 Å². The van der Waals surface area contributed by atoms with E-state index in [1.807, 2.05) is 12.1 Å². The van der Waals surface area contributed by atoms with Gasteiger partial charge in [0, 0.05) is 12.1 Å². The van der Waals surface area contributed by atoms with Gasteiger partial charge in [0.25, 0.3) is 0 Å². The Labute approximate surface area is 161 Å². The first-order valence-electron chi connectivity index (χ1n) is 8.71. The first-order valence-corrected chi connectivity index (χ1v) is 9.70. The predicted molar refractivity (Wildman–Crippen MR) is 105 cm³/mol. The monoisotopic (exact) mass is 384 g/mol. The molecule has 3 rings (SSSR count). The molecule has 0 fully saturated rings. The van der Waals surface area contributed by atoms with Gasteiger partial charge >= 0.3 is 0 Å². The smallest absolute Gasteiger partial charge is 0.230 e. The highest BCUT2D eigenvalue weighted by Crippen LogP contribution is 2.19. The second-order valence-electron chi connectivity index (χ2n) is 6.17. The van der Waals surface area contributed by atoms with Crippen molar-refractivity contribution in [3.05, 3.63) is 65.0 Å². The summed E-state index contributed by atoms with van der Waals surface area (Å²) >= 11 is 1.25. The molecular weight excluding hydrogens is 363 g/mol. The Balaban J connectivity index is 1.50. The van der Waals surface area contributed by atoms with E-state index in [4.69, 9.17) is 0 Å². The van der Waals surface area contributed by atoms with E-state index in [-0.39, 0.29) is 17.5 Å². The third kappa shape index (κ3) is 5.17. The summed E-state index contributed by atoms with van der Waals surface area (Å²) in [6.07, 6.45) is 0.988. The van der Waals surface area contributed by atoms with Crippen LogP contribution in [0.2, 0.25) is 0 Å². The zero-order valence-corrected chi connectivity index (χ0v) is 16.1. The lowest BCUT2D eigenvalue weighted by atomic mass is 10.1. The van der Waals surface area contributed by atoms with E-state index in [9.17, 15) is 9.18 Å². The summed E-state index contributed by atoms with van der Waals surface area (Å²) in [6, 6.07) is 13.1. The molecule has 3 aromatic rings. The number of carbonyl (C=O) groups is 1. The maximum Gasteiger partial charge on any atom is 0.230 e. The SMILES string of the molecule is CCc1ccc(-c2nc(SCC(=O)NCc3ccc(C)c(F)c3)n[nH]2)cc1. The third-order valence-electron chi connectivity index (χ3n) is 4.16. The van der Waals surface area contributed by atoms with Crippen molar-refractivity contribution in [3.63, 3.8) is 0 Å². The summed E-state index contributed by atoms with van der Waals surface area (Å²) in [6.45, 7) is 4.11. The number of amides is 1. The Kier molecular flexibility index (Phi) is 6.24. The van der Waals surface area contributed by atoms with Crippen LogP contribution in [-0.4, -0.2) is 26.8 Å². The van der Waals surface area contributed by atoms with Gasteiger partial charge in [-0.3, -0.25) is 9.89 Å². The average molecular weight is 384 g/mol. The number of rotatable bonds is 7. The number of H-pyrrole nitrogens is 1. The molecule has 27 heavy (non-hydrogen) atoms. The minimum Gasteiger partial charge on any atom is -0.351 e. The normalized spacial score (nSPS) is 10.8. The fourth-order valence-corrected chi connectivity index (χ4v) is 3.09. The Morgan fingerprint density at radius 3 is 2.63 bits per heavy atom. The highest BCUT2D eigenvalue weighted by Gasteiger charge is 2.09. The molecular formula is C20H21FN4OS. The standard InChI is InChI=1S/C20H21FN4OS/c1-3-14-6-8-16(9-7-14)19-23-20(25-24-19)27-12-18(26)22-11-15-5-4-13(2)17(21)10-15/h4-10H,3,11-12H2,1-2H3,(H,22,26)(H,23,24,25). The molecule has 0 radical (unpaired) electrons. The molecule has 1 amide bonds. The van der Waals surface area contributed by atoms with Crippen molar-refractivity contribution in [3.8, 4) is 11.4 Å². The number of thioether (sulfide) groups is 1. The Bertz CT molecular complexity index is 924. The molecule has 0 saturated heterocycles. The zero-order valence-electron chi connectivity index (χ0n) is 15.3. The average Bonchev–Trinajstić information content (AvgIpc) is 3.16. The van der Waals surface area contributed by atoms with Crippen LogP contribution in [-0.2, 0) is 17.8 Å². The highest BCUT2D eigenvalue weighted by molar-refractivity contribution is 7.99. The van der Waals surface area contributed by atoms with Gasteiger partial charge in [-0.05, 0) is 36.1 Å². The number of nitrogens with zero attached hydrogens (tertiary/aromatic N) is 2. The van der Waals surface area contributed by atoms with Crippen molar-refractivity contribution >= 4 is 17.7 Å². The number of aryl methyl sites for hydroxylation is 2. The van der Waals surface area contributed by atoms with Crippen LogP contribution in [0.5, 0.6) is 0 Å². The van der Waals surface area contributed by atoms with E-state index in [0.29, 0.717) is 23.1 Å². The lowest BCUT2D eigenvalue weighted by Crippen LogP contribution is -2.24. The molecule has 0 unspecified atom stereocenters. The topological polar surface area (TPSA) is 70.7 Å². The van der Waals surface area contributed by atoms with Crippen molar-refractivity contribution in [1.82, 2.24) is 20.5 Å². The fraction of sp³-hybridized carbons (Fsp3) is 0.250. The molecule has 0 bridgehead atoms. The second kappa shape index (κ2) is 8.81. The van der Waals surface area contributed by atoms with Crippen LogP contribution in [0.25, 0.3) is 11.4 Å². The lowest BCUT2D eigenvalue weighted by molar-refractivity contribution is -0.118. The summed E-state index contributed by atoms with van der Waals surface area (Å²) in [5, 5.41) is 10.3. The molecule has 0 aliphatic rings. The highest BCUT2D eigenvalue weighted by atomic mass is 32.2. The molecule has 0 saturated carbocycles. The molecule has 1 aromatic heterocycles. The summed E-state index contributed by atoms with van der Waals surface area (Å²) in [4.78, 5) is 16.4. The van der Waals surface area contributed by atoms with Crippen molar-refractivity contribution in [2.24, 2.45) is 0 Å².